The lowest BCUT2D eigenvalue weighted by atomic mass is 9.91. The molecule has 5 N–H and O–H groups in total. The number of benzene rings is 1. The third-order valence-electron chi connectivity index (χ3n) is 7.88. The van der Waals surface area contributed by atoms with E-state index in [4.69, 9.17) is 5.73 Å². The summed E-state index contributed by atoms with van der Waals surface area (Å²) in [5, 5.41) is 10.3. The molecule has 0 spiro atoms. The molecule has 3 unspecified atom stereocenters. The van der Waals surface area contributed by atoms with E-state index in [1.54, 1.807) is 6.92 Å². The Hall–Kier alpha value is -2.51. The standard InChI is InChI=1S/C30H43F2N5/c1-5-8-21(30(33)37-27-17-35-15-24(20-11-12-20)25(27)16-34-7-3)13-22(6-2)36-29-18(4)28(32)23(14-26(29)31)19-9-10-19/h5,14-15,17,19-22,30,34,36-37H,1,6-13,16,33H2,2-4H3. The lowest BCUT2D eigenvalue weighted by Gasteiger charge is -2.30. The maximum absolute atomic E-state index is 15.1. The highest BCUT2D eigenvalue weighted by molar-refractivity contribution is 5.56. The molecule has 202 valence electrons. The minimum atomic E-state index is -0.377. The van der Waals surface area contributed by atoms with Crippen molar-refractivity contribution >= 4 is 11.4 Å². The Morgan fingerprint density at radius 2 is 1.81 bits per heavy atom. The molecule has 0 radical (unpaired) electrons. The Balaban J connectivity index is 1.49. The van der Waals surface area contributed by atoms with Gasteiger partial charge >= 0.3 is 0 Å². The Morgan fingerprint density at radius 1 is 1.11 bits per heavy atom. The van der Waals surface area contributed by atoms with Crippen LogP contribution in [0.1, 0.15) is 92.9 Å². The summed E-state index contributed by atoms with van der Waals surface area (Å²) in [6.07, 6.45) is 11.8. The van der Waals surface area contributed by atoms with E-state index in [-0.39, 0.29) is 41.4 Å². The molecule has 2 saturated carbocycles. The van der Waals surface area contributed by atoms with Crippen LogP contribution >= 0.6 is 0 Å². The van der Waals surface area contributed by atoms with Crippen molar-refractivity contribution in [3.63, 3.8) is 0 Å². The van der Waals surface area contributed by atoms with Crippen molar-refractivity contribution in [3.05, 3.63) is 65.0 Å². The molecule has 37 heavy (non-hydrogen) atoms. The maximum Gasteiger partial charge on any atom is 0.147 e. The second-order valence-electron chi connectivity index (χ2n) is 10.8. The van der Waals surface area contributed by atoms with E-state index < -0.39 is 0 Å². The predicted octanol–water partition coefficient (Wildman–Crippen LogP) is 6.70. The van der Waals surface area contributed by atoms with Crippen LogP contribution in [0.25, 0.3) is 0 Å². The molecule has 0 bridgehead atoms. The summed E-state index contributed by atoms with van der Waals surface area (Å²) in [6, 6.07) is 1.32. The van der Waals surface area contributed by atoms with Gasteiger partial charge < -0.3 is 21.7 Å². The van der Waals surface area contributed by atoms with Crippen molar-refractivity contribution in [1.82, 2.24) is 10.3 Å². The number of aromatic nitrogens is 1. The van der Waals surface area contributed by atoms with Gasteiger partial charge in [-0.05, 0) is 98.9 Å². The molecular weight excluding hydrogens is 468 g/mol. The Morgan fingerprint density at radius 3 is 2.43 bits per heavy atom. The van der Waals surface area contributed by atoms with Crippen LogP contribution < -0.4 is 21.7 Å². The van der Waals surface area contributed by atoms with Gasteiger partial charge in [0.25, 0.3) is 0 Å². The topological polar surface area (TPSA) is 75.0 Å². The van der Waals surface area contributed by atoms with Crippen LogP contribution in [-0.4, -0.2) is 23.7 Å². The molecule has 7 heteroatoms. The number of allylic oxidation sites excluding steroid dienone is 1. The lowest BCUT2D eigenvalue weighted by Crippen LogP contribution is -2.40. The van der Waals surface area contributed by atoms with Crippen molar-refractivity contribution in [3.8, 4) is 0 Å². The van der Waals surface area contributed by atoms with E-state index in [1.165, 1.54) is 30.0 Å². The van der Waals surface area contributed by atoms with Crippen molar-refractivity contribution in [2.45, 2.75) is 96.3 Å². The van der Waals surface area contributed by atoms with Crippen LogP contribution in [0, 0.1) is 24.5 Å². The highest BCUT2D eigenvalue weighted by Crippen LogP contribution is 2.44. The van der Waals surface area contributed by atoms with Crippen LogP contribution in [0.4, 0.5) is 20.2 Å². The molecule has 2 aliphatic rings. The van der Waals surface area contributed by atoms with Gasteiger partial charge in [-0.2, -0.15) is 0 Å². The summed E-state index contributed by atoms with van der Waals surface area (Å²) >= 11 is 0. The third-order valence-corrected chi connectivity index (χ3v) is 7.88. The monoisotopic (exact) mass is 511 g/mol. The maximum atomic E-state index is 15.1. The molecule has 1 aromatic heterocycles. The van der Waals surface area contributed by atoms with Crippen LogP contribution in [0.15, 0.2) is 31.1 Å². The fourth-order valence-electron chi connectivity index (χ4n) is 5.27. The summed E-state index contributed by atoms with van der Waals surface area (Å²) in [7, 11) is 0. The molecule has 0 saturated heterocycles. The first-order valence-electron chi connectivity index (χ1n) is 13.9. The van der Waals surface area contributed by atoms with Gasteiger partial charge in [0.15, 0.2) is 0 Å². The Labute approximate surface area is 220 Å². The van der Waals surface area contributed by atoms with Gasteiger partial charge in [-0.3, -0.25) is 4.98 Å². The Bertz CT molecular complexity index is 1080. The SMILES string of the molecule is C=CCC(CC(CC)Nc1c(F)cc(C2CC2)c(F)c1C)C(N)Nc1cncc(C2CC2)c1CNCC. The number of hydrogen-bond donors (Lipinski definition) is 4. The molecule has 0 aliphatic heterocycles. The van der Waals surface area contributed by atoms with Crippen LogP contribution in [0.2, 0.25) is 0 Å². The number of halogens is 2. The average Bonchev–Trinajstić information content (AvgIpc) is 3.80. The van der Waals surface area contributed by atoms with Crippen LogP contribution in [0.5, 0.6) is 0 Å². The first-order chi connectivity index (χ1) is 17.9. The van der Waals surface area contributed by atoms with Crippen molar-refractivity contribution in [2.75, 3.05) is 17.2 Å². The fourth-order valence-corrected chi connectivity index (χ4v) is 5.27. The van der Waals surface area contributed by atoms with Gasteiger partial charge in [0.2, 0.25) is 0 Å². The first-order valence-corrected chi connectivity index (χ1v) is 13.9. The molecule has 3 atom stereocenters. The molecule has 5 nitrogen and oxygen atoms in total. The number of pyridine rings is 1. The highest BCUT2D eigenvalue weighted by atomic mass is 19.1. The van der Waals surface area contributed by atoms with E-state index in [1.807, 2.05) is 18.5 Å². The number of anilines is 2. The summed E-state index contributed by atoms with van der Waals surface area (Å²) in [5.41, 5.74) is 11.4. The molecule has 2 fully saturated rings. The molecule has 0 amide bonds. The van der Waals surface area contributed by atoms with Gasteiger partial charge in [-0.1, -0.05) is 19.9 Å². The minimum absolute atomic E-state index is 0.0467. The third kappa shape index (κ3) is 6.68. The zero-order valence-corrected chi connectivity index (χ0v) is 22.5. The van der Waals surface area contributed by atoms with Crippen LogP contribution in [0.3, 0.4) is 0 Å². The lowest BCUT2D eigenvalue weighted by molar-refractivity contribution is 0.391. The molecule has 4 rings (SSSR count). The molecule has 1 heterocycles. The van der Waals surface area contributed by atoms with E-state index in [0.717, 1.165) is 38.0 Å². The number of rotatable bonds is 15. The Kier molecular flexibility index (Phi) is 9.19. The minimum Gasteiger partial charge on any atom is -0.380 e. The quantitative estimate of drug-likeness (QED) is 0.158. The smallest absolute Gasteiger partial charge is 0.147 e. The molecule has 2 aliphatic carbocycles. The van der Waals surface area contributed by atoms with Gasteiger partial charge in [0.1, 0.15) is 11.6 Å². The van der Waals surface area contributed by atoms with E-state index >= 15 is 8.78 Å². The normalized spacial score (nSPS) is 17.8. The molecule has 1 aromatic carbocycles. The summed E-state index contributed by atoms with van der Waals surface area (Å²) in [5.74, 6) is 0.138. The number of hydrogen-bond acceptors (Lipinski definition) is 5. The summed E-state index contributed by atoms with van der Waals surface area (Å²) in [6.45, 7) is 11.4. The van der Waals surface area contributed by atoms with Gasteiger partial charge in [0.05, 0.1) is 23.7 Å². The van der Waals surface area contributed by atoms with Gasteiger partial charge in [0, 0.05) is 24.3 Å². The van der Waals surface area contributed by atoms with Gasteiger partial charge in [-0.25, -0.2) is 8.78 Å². The van der Waals surface area contributed by atoms with Crippen molar-refractivity contribution in [1.29, 1.82) is 0 Å². The zero-order valence-electron chi connectivity index (χ0n) is 22.5. The van der Waals surface area contributed by atoms with E-state index in [2.05, 4.69) is 41.4 Å². The number of nitrogens with one attached hydrogen (secondary N) is 3. The number of nitrogens with two attached hydrogens (primary N) is 1. The average molecular weight is 512 g/mol. The fraction of sp³-hybridized carbons (Fsp3) is 0.567. The van der Waals surface area contributed by atoms with Crippen molar-refractivity contribution < 1.29 is 8.78 Å². The van der Waals surface area contributed by atoms with E-state index in [9.17, 15) is 0 Å². The molecular formula is C30H43F2N5. The summed E-state index contributed by atoms with van der Waals surface area (Å²) in [4.78, 5) is 4.50. The molecule has 2 aromatic rings. The second kappa shape index (κ2) is 12.4. The van der Waals surface area contributed by atoms with Crippen molar-refractivity contribution in [2.24, 2.45) is 11.7 Å². The number of nitrogens with zero attached hydrogens (tertiary/aromatic N) is 1. The zero-order chi connectivity index (χ0) is 26.5. The summed E-state index contributed by atoms with van der Waals surface area (Å²) < 4.78 is 30.1. The van der Waals surface area contributed by atoms with Crippen LogP contribution in [-0.2, 0) is 6.54 Å². The largest absolute Gasteiger partial charge is 0.380 e. The first kappa shape index (κ1) is 27.5. The second-order valence-corrected chi connectivity index (χ2v) is 10.8. The predicted molar refractivity (Wildman–Crippen MR) is 149 cm³/mol. The highest BCUT2D eigenvalue weighted by Gasteiger charge is 2.31. The van der Waals surface area contributed by atoms with Gasteiger partial charge in [-0.15, -0.1) is 6.58 Å². The van der Waals surface area contributed by atoms with E-state index in [0.29, 0.717) is 29.9 Å².